The Kier molecular flexibility index (Phi) is 3.04. The zero-order valence-corrected chi connectivity index (χ0v) is 12.0. The molecule has 2 fully saturated rings. The predicted molar refractivity (Wildman–Crippen MR) is 75.1 cm³/mol. The number of hydrogen-bond acceptors (Lipinski definition) is 4. The number of halogens is 1. The van der Waals surface area contributed by atoms with Crippen molar-refractivity contribution in [3.63, 3.8) is 0 Å². The van der Waals surface area contributed by atoms with Crippen LogP contribution in [0.5, 0.6) is 0 Å². The number of piperazine rings is 1. The van der Waals surface area contributed by atoms with Crippen LogP contribution in [0.4, 0.5) is 16.2 Å². The van der Waals surface area contributed by atoms with E-state index in [1.165, 1.54) is 11.0 Å². The molecule has 2 saturated heterocycles. The molecular formula is C12H12BrN3O4. The van der Waals surface area contributed by atoms with Crippen molar-refractivity contribution in [2.45, 2.75) is 18.5 Å². The van der Waals surface area contributed by atoms with Crippen LogP contribution >= 0.6 is 15.9 Å². The molecule has 1 aromatic carbocycles. The van der Waals surface area contributed by atoms with E-state index in [1.807, 2.05) is 0 Å². The number of anilines is 1. The minimum absolute atomic E-state index is 0.0199. The summed E-state index contributed by atoms with van der Waals surface area (Å²) < 4.78 is 0.442. The highest BCUT2D eigenvalue weighted by atomic mass is 79.9. The minimum Gasteiger partial charge on any atom is -0.465 e. The number of carbonyl (C=O) groups is 1. The number of fused-ring (bicyclic) bond motifs is 2. The smallest absolute Gasteiger partial charge is 0.407 e. The fraction of sp³-hybridized carbons (Fsp3) is 0.417. The van der Waals surface area contributed by atoms with Crippen LogP contribution in [0, 0.1) is 10.1 Å². The second-order valence-corrected chi connectivity index (χ2v) is 5.88. The van der Waals surface area contributed by atoms with Crippen LogP contribution in [0.3, 0.4) is 0 Å². The Hall–Kier alpha value is -1.83. The van der Waals surface area contributed by atoms with Crippen molar-refractivity contribution in [2.24, 2.45) is 0 Å². The third-order valence-corrected chi connectivity index (χ3v) is 4.58. The van der Waals surface area contributed by atoms with E-state index in [0.29, 0.717) is 17.6 Å². The average molecular weight is 342 g/mol. The van der Waals surface area contributed by atoms with Gasteiger partial charge in [0, 0.05) is 30.9 Å². The molecule has 106 valence electrons. The molecule has 1 N–H and O–H groups in total. The quantitative estimate of drug-likeness (QED) is 0.658. The molecule has 1 amide bonds. The Labute approximate surface area is 123 Å². The molecule has 7 nitrogen and oxygen atoms in total. The van der Waals surface area contributed by atoms with E-state index >= 15 is 0 Å². The van der Waals surface area contributed by atoms with Gasteiger partial charge in [0.05, 0.1) is 15.4 Å². The largest absolute Gasteiger partial charge is 0.465 e. The molecule has 2 atom stereocenters. The molecule has 8 heteroatoms. The summed E-state index contributed by atoms with van der Waals surface area (Å²) in [7, 11) is 0. The number of nitrogens with zero attached hydrogens (tertiary/aromatic N) is 3. The molecule has 0 aromatic heterocycles. The number of rotatable bonds is 2. The molecular weight excluding hydrogens is 330 g/mol. The van der Waals surface area contributed by atoms with Crippen molar-refractivity contribution in [1.29, 1.82) is 0 Å². The predicted octanol–water partition coefficient (Wildman–Crippen LogP) is 2.30. The normalized spacial score (nSPS) is 24.2. The summed E-state index contributed by atoms with van der Waals surface area (Å²) >= 11 is 3.21. The van der Waals surface area contributed by atoms with Crippen LogP contribution in [-0.2, 0) is 0 Å². The van der Waals surface area contributed by atoms with Crippen LogP contribution in [-0.4, -0.2) is 46.2 Å². The van der Waals surface area contributed by atoms with Crippen molar-refractivity contribution in [1.82, 2.24) is 4.90 Å². The van der Waals surface area contributed by atoms with Crippen LogP contribution < -0.4 is 4.90 Å². The van der Waals surface area contributed by atoms with Crippen molar-refractivity contribution in [3.05, 3.63) is 32.8 Å². The first-order valence-corrected chi connectivity index (χ1v) is 6.97. The standard InChI is InChI=1S/C12H12BrN3O4/c13-10-4-7(1-2-11(10)16(19)20)14-5-9-3-8(14)6-15(9)12(17)18/h1-2,4,8-9H,3,5-6H2,(H,17,18)/t8-,9-/m1/s1. The highest BCUT2D eigenvalue weighted by Crippen LogP contribution is 2.37. The van der Waals surface area contributed by atoms with Gasteiger partial charge in [-0.25, -0.2) is 4.79 Å². The molecule has 2 aliphatic rings. The first-order chi connectivity index (χ1) is 9.47. The summed E-state index contributed by atoms with van der Waals surface area (Å²) in [6.45, 7) is 1.13. The molecule has 2 bridgehead atoms. The van der Waals surface area contributed by atoms with Gasteiger partial charge in [0.15, 0.2) is 0 Å². The fourth-order valence-corrected chi connectivity index (χ4v) is 3.55. The van der Waals surface area contributed by atoms with Gasteiger partial charge >= 0.3 is 6.09 Å². The van der Waals surface area contributed by atoms with E-state index < -0.39 is 11.0 Å². The molecule has 0 aliphatic carbocycles. The van der Waals surface area contributed by atoms with Gasteiger partial charge in [-0.2, -0.15) is 0 Å². The van der Waals surface area contributed by atoms with Gasteiger partial charge in [-0.15, -0.1) is 0 Å². The highest BCUT2D eigenvalue weighted by molar-refractivity contribution is 9.10. The average Bonchev–Trinajstić information content (AvgIpc) is 2.97. The number of nitro benzene ring substituents is 1. The number of nitro groups is 1. The molecule has 0 spiro atoms. The molecule has 0 unspecified atom stereocenters. The van der Waals surface area contributed by atoms with Gasteiger partial charge < -0.3 is 14.9 Å². The van der Waals surface area contributed by atoms with E-state index in [0.717, 1.165) is 12.1 Å². The Morgan fingerprint density at radius 3 is 2.65 bits per heavy atom. The van der Waals surface area contributed by atoms with E-state index in [-0.39, 0.29) is 17.8 Å². The molecule has 0 radical (unpaired) electrons. The van der Waals surface area contributed by atoms with Crippen molar-refractivity contribution in [3.8, 4) is 0 Å². The zero-order valence-electron chi connectivity index (χ0n) is 10.4. The number of amides is 1. The van der Waals surface area contributed by atoms with E-state index in [1.54, 1.807) is 12.1 Å². The molecule has 2 heterocycles. The number of carboxylic acid groups (broad SMARTS) is 1. The lowest BCUT2D eigenvalue weighted by Crippen LogP contribution is -2.48. The summed E-state index contributed by atoms with van der Waals surface area (Å²) in [6.07, 6.45) is -0.0528. The second-order valence-electron chi connectivity index (χ2n) is 5.02. The first kappa shape index (κ1) is 13.2. The van der Waals surface area contributed by atoms with Crippen LogP contribution in [0.15, 0.2) is 22.7 Å². The number of likely N-dealkylation sites (tertiary alicyclic amines) is 1. The van der Waals surface area contributed by atoms with Crippen molar-refractivity contribution in [2.75, 3.05) is 18.0 Å². The highest BCUT2D eigenvalue weighted by Gasteiger charge is 2.45. The van der Waals surface area contributed by atoms with Gasteiger partial charge in [-0.1, -0.05) is 0 Å². The Morgan fingerprint density at radius 2 is 2.15 bits per heavy atom. The maximum Gasteiger partial charge on any atom is 0.407 e. The van der Waals surface area contributed by atoms with Gasteiger partial charge in [0.25, 0.3) is 5.69 Å². The van der Waals surface area contributed by atoms with Gasteiger partial charge in [0.1, 0.15) is 0 Å². The first-order valence-electron chi connectivity index (χ1n) is 6.17. The summed E-state index contributed by atoms with van der Waals surface area (Å²) in [5.74, 6) is 0. The van der Waals surface area contributed by atoms with E-state index in [4.69, 9.17) is 5.11 Å². The zero-order chi connectivity index (χ0) is 14.4. The van der Waals surface area contributed by atoms with Crippen LogP contribution in [0.1, 0.15) is 6.42 Å². The summed E-state index contributed by atoms with van der Waals surface area (Å²) in [4.78, 5) is 25.0. The van der Waals surface area contributed by atoms with Crippen LogP contribution in [0.2, 0.25) is 0 Å². The maximum absolute atomic E-state index is 11.0. The SMILES string of the molecule is O=C(O)N1C[C@H]2C[C@@H]1CN2c1ccc([N+](=O)[O-])c(Br)c1. The molecule has 1 aromatic rings. The molecule has 0 saturated carbocycles. The lowest BCUT2D eigenvalue weighted by atomic mass is 10.2. The Balaban J connectivity index is 1.82. The summed E-state index contributed by atoms with van der Waals surface area (Å²) in [5, 5.41) is 19.8. The fourth-order valence-electron chi connectivity index (χ4n) is 3.04. The minimum atomic E-state index is -0.873. The number of benzene rings is 1. The van der Waals surface area contributed by atoms with E-state index in [9.17, 15) is 14.9 Å². The van der Waals surface area contributed by atoms with Gasteiger partial charge in [-0.05, 0) is 34.5 Å². The van der Waals surface area contributed by atoms with Crippen molar-refractivity contribution < 1.29 is 14.8 Å². The Morgan fingerprint density at radius 1 is 1.40 bits per heavy atom. The summed E-state index contributed by atoms with van der Waals surface area (Å²) in [6, 6.07) is 5.09. The van der Waals surface area contributed by atoms with Crippen LogP contribution in [0.25, 0.3) is 0 Å². The molecule has 2 aliphatic heterocycles. The monoisotopic (exact) mass is 341 g/mol. The second kappa shape index (κ2) is 4.62. The van der Waals surface area contributed by atoms with Gasteiger partial charge in [0.2, 0.25) is 0 Å². The number of hydrogen-bond donors (Lipinski definition) is 1. The Bertz CT molecular complexity index is 594. The molecule has 20 heavy (non-hydrogen) atoms. The third-order valence-electron chi connectivity index (χ3n) is 3.95. The van der Waals surface area contributed by atoms with Gasteiger partial charge in [-0.3, -0.25) is 10.1 Å². The maximum atomic E-state index is 11.0. The molecule has 3 rings (SSSR count). The van der Waals surface area contributed by atoms with E-state index in [2.05, 4.69) is 20.8 Å². The lowest BCUT2D eigenvalue weighted by molar-refractivity contribution is -0.385. The lowest BCUT2D eigenvalue weighted by Gasteiger charge is -2.34. The summed E-state index contributed by atoms with van der Waals surface area (Å²) in [5.41, 5.74) is 0.922. The van der Waals surface area contributed by atoms with Crippen molar-refractivity contribution >= 4 is 33.4 Å². The topological polar surface area (TPSA) is 86.9 Å². The third kappa shape index (κ3) is 2.00.